The highest BCUT2D eigenvalue weighted by atomic mass is 32.1. The van der Waals surface area contributed by atoms with E-state index in [9.17, 15) is 24.0 Å². The van der Waals surface area contributed by atoms with Crippen LogP contribution in [0.3, 0.4) is 0 Å². The fourth-order valence-electron chi connectivity index (χ4n) is 15.5. The molecule has 0 spiro atoms. The first-order chi connectivity index (χ1) is 55.1. The molecule has 0 unspecified atom stereocenters. The molecule has 0 amide bonds. The third-order valence-electron chi connectivity index (χ3n) is 21.7. The van der Waals surface area contributed by atoms with Gasteiger partial charge in [0.15, 0.2) is 10.3 Å². The minimum absolute atomic E-state index is 0.167. The van der Waals surface area contributed by atoms with E-state index in [4.69, 9.17) is 64.9 Å². The van der Waals surface area contributed by atoms with Crippen LogP contribution in [0.15, 0.2) is 159 Å². The fraction of sp³-hybridized carbons (Fsp3) is 0.462. The SMILES string of the molecule is C=CC(=O)OCCCCCCOc1ccc(C(=O)Oc2ccc(C3CCC(C4CCC(CCC)CC4)CC3)cc2C=N)cc1.C=CC(=O)OCCOCCOCCOc1ccc(OC(=O)C2CCC(C(=O)Oc3ccc(C4CCC(CCC)CC4)cc3C=N)CC2)cc1.Nc1nc2ccccc2s1.Nc1nc2ccccc2s1. The maximum Gasteiger partial charge on any atom is 0.343 e. The van der Waals surface area contributed by atoms with Crippen molar-refractivity contribution >= 4 is 95.6 Å². The lowest BCUT2D eigenvalue weighted by Crippen LogP contribution is -2.30. The van der Waals surface area contributed by atoms with Crippen molar-refractivity contribution < 1.29 is 66.6 Å². The van der Waals surface area contributed by atoms with Crippen molar-refractivity contribution in [3.63, 3.8) is 0 Å². The third-order valence-corrected chi connectivity index (χ3v) is 23.4. The topological polar surface area (TPSA) is 294 Å². The monoisotopic (exact) mass is 1580 g/mol. The van der Waals surface area contributed by atoms with Crippen molar-refractivity contribution in [1.82, 2.24) is 9.97 Å². The molecule has 22 heteroatoms. The number of thiazole rings is 2. The van der Waals surface area contributed by atoms with Crippen LogP contribution in [0.2, 0.25) is 0 Å². The van der Waals surface area contributed by atoms with Crippen LogP contribution >= 0.6 is 22.7 Å². The lowest BCUT2D eigenvalue weighted by Gasteiger charge is -2.38. The number of nitrogens with two attached hydrogens (primary N) is 2. The summed E-state index contributed by atoms with van der Waals surface area (Å²) in [7, 11) is 0. The first-order valence-corrected chi connectivity index (χ1v) is 42.1. The van der Waals surface area contributed by atoms with Gasteiger partial charge >= 0.3 is 29.8 Å². The predicted molar refractivity (Wildman–Crippen MR) is 449 cm³/mol. The highest BCUT2D eigenvalue weighted by Crippen LogP contribution is 2.46. The number of aromatic nitrogens is 2. The van der Waals surface area contributed by atoms with Gasteiger partial charge in [0.25, 0.3) is 0 Å². The van der Waals surface area contributed by atoms with Gasteiger partial charge in [-0.2, -0.15) is 0 Å². The van der Waals surface area contributed by atoms with Gasteiger partial charge < -0.3 is 64.9 Å². The summed E-state index contributed by atoms with van der Waals surface area (Å²) >= 11 is 3.04. The Bertz CT molecular complexity index is 4150. The average molecular weight is 1580 g/mol. The number of nitrogen functional groups attached to an aromatic ring is 2. The minimum atomic E-state index is -0.479. The summed E-state index contributed by atoms with van der Waals surface area (Å²) in [6, 6.07) is 41.5. The van der Waals surface area contributed by atoms with Gasteiger partial charge in [-0.15, -0.1) is 0 Å². The largest absolute Gasteiger partial charge is 0.494 e. The van der Waals surface area contributed by atoms with Gasteiger partial charge in [0.05, 0.1) is 77.5 Å². The van der Waals surface area contributed by atoms with Crippen LogP contribution in [0.25, 0.3) is 20.4 Å². The van der Waals surface area contributed by atoms with Gasteiger partial charge in [-0.1, -0.05) is 125 Å². The molecule has 2 heterocycles. The van der Waals surface area contributed by atoms with E-state index in [-0.39, 0.29) is 43.0 Å². The Morgan fingerprint density at radius 3 is 1.36 bits per heavy atom. The first-order valence-electron chi connectivity index (χ1n) is 40.5. The van der Waals surface area contributed by atoms with E-state index in [1.54, 1.807) is 48.5 Å². The number of fused-ring (bicyclic) bond motifs is 2. The lowest BCUT2D eigenvalue weighted by atomic mass is 9.68. The van der Waals surface area contributed by atoms with E-state index in [2.05, 4.69) is 49.1 Å². The van der Waals surface area contributed by atoms with Gasteiger partial charge in [-0.3, -0.25) is 9.59 Å². The Kier molecular flexibility index (Phi) is 37.0. The zero-order valence-corrected chi connectivity index (χ0v) is 67.4. The van der Waals surface area contributed by atoms with Gasteiger partial charge in [0, 0.05) is 35.7 Å². The molecular weight excluding hydrogens is 1470 g/mol. The number of esters is 5. The van der Waals surface area contributed by atoms with Crippen LogP contribution in [0, 0.1) is 46.3 Å². The summed E-state index contributed by atoms with van der Waals surface area (Å²) in [4.78, 5) is 69.0. The molecular formula is C91H114N6O14S2. The summed E-state index contributed by atoms with van der Waals surface area (Å²) in [5, 5.41) is 17.2. The number of nitrogens with zero attached hydrogens (tertiary/aromatic N) is 2. The predicted octanol–water partition coefficient (Wildman–Crippen LogP) is 20.4. The van der Waals surface area contributed by atoms with Gasteiger partial charge in [-0.25, -0.2) is 24.4 Å². The van der Waals surface area contributed by atoms with Crippen LogP contribution in [-0.2, 0) is 38.1 Å². The second-order valence-electron chi connectivity index (χ2n) is 29.5. The number of ether oxygens (including phenoxy) is 9. The van der Waals surface area contributed by atoms with Crippen LogP contribution in [0.1, 0.15) is 212 Å². The fourth-order valence-corrected chi connectivity index (χ4v) is 17.0. The number of carbonyl (C=O) groups excluding carboxylic acids is 5. The Balaban J connectivity index is 0.000000207. The van der Waals surface area contributed by atoms with E-state index in [1.807, 2.05) is 72.8 Å². The normalized spacial score (nSPS) is 19.2. The highest BCUT2D eigenvalue weighted by Gasteiger charge is 2.34. The van der Waals surface area contributed by atoms with Crippen molar-refractivity contribution in [2.24, 2.45) is 35.5 Å². The summed E-state index contributed by atoms with van der Waals surface area (Å²) in [6.07, 6.45) is 31.5. The number of carbonyl (C=O) groups is 5. The van der Waals surface area contributed by atoms with Crippen LogP contribution < -0.4 is 35.2 Å². The molecule has 0 bridgehead atoms. The molecule has 6 N–H and O–H groups in total. The van der Waals surface area contributed by atoms with E-state index in [1.165, 1.54) is 155 Å². The summed E-state index contributed by atoms with van der Waals surface area (Å²) in [6.45, 7) is 14.2. The molecule has 6 aromatic carbocycles. The smallest absolute Gasteiger partial charge is 0.343 e. The molecule has 0 atom stereocenters. The maximum atomic E-state index is 13.1. The van der Waals surface area contributed by atoms with Crippen molar-refractivity contribution in [3.05, 3.63) is 187 Å². The van der Waals surface area contributed by atoms with Crippen molar-refractivity contribution in [1.29, 1.82) is 10.8 Å². The Labute approximate surface area is 674 Å². The van der Waals surface area contributed by atoms with Crippen LogP contribution in [-0.4, -0.2) is 105 Å². The van der Waals surface area contributed by atoms with Crippen LogP contribution in [0.5, 0.6) is 28.7 Å². The number of benzene rings is 6. The number of nitrogens with one attached hydrogen (secondary N) is 2. The molecule has 113 heavy (non-hydrogen) atoms. The number of hydrogen-bond donors (Lipinski definition) is 4. The standard InChI is InChI=1S/C39H51NO9.C38H51NO5.2C7H6N2S/c1-3-5-28-6-8-29(9-7-28)32-14-19-36(33(26-32)27-40)49-39(43)31-12-10-30(11-13-31)38(42)48-35-17-15-34(16-18-35)46-24-22-44-20-21-45-23-25-47-37(41)4-2;1-3-9-28-10-12-29(13-11-28)30-14-16-31(17-15-30)33-20-23-36(34(26-33)27-39)44-38(41)32-18-21-35(22-19-32)42-24-7-5-6-8-25-43-37(40)4-2;2*8-7-9-5-3-1-2-4-6(5)10-7/h4,14-19,26-31,40H,2-3,5-13,20-25H2,1H3;4,18-23,26-31,39H,2-3,5-17,24-25H2,1H3;2*1-4H,(H2,8,9). The van der Waals surface area contributed by atoms with E-state index >= 15 is 0 Å². The molecule has 12 rings (SSSR count). The van der Waals surface area contributed by atoms with E-state index < -0.39 is 11.9 Å². The van der Waals surface area contributed by atoms with E-state index in [0.717, 1.165) is 75.9 Å². The lowest BCUT2D eigenvalue weighted by molar-refractivity contribution is -0.145. The zero-order chi connectivity index (χ0) is 79.9. The summed E-state index contributed by atoms with van der Waals surface area (Å²) in [5.74, 6) is 4.71. The summed E-state index contributed by atoms with van der Waals surface area (Å²) in [5.41, 5.74) is 17.2. The summed E-state index contributed by atoms with van der Waals surface area (Å²) < 4.78 is 51.5. The number of rotatable bonds is 35. The van der Waals surface area contributed by atoms with Crippen molar-refractivity contribution in [3.8, 4) is 28.7 Å². The molecule has 20 nitrogen and oxygen atoms in total. The molecule has 8 aromatic rings. The minimum Gasteiger partial charge on any atom is -0.494 e. The molecule has 604 valence electrons. The molecule has 0 aliphatic heterocycles. The first kappa shape index (κ1) is 87.4. The molecule has 0 saturated heterocycles. The van der Waals surface area contributed by atoms with Crippen LogP contribution in [0.4, 0.5) is 10.3 Å². The molecule has 0 radical (unpaired) electrons. The Morgan fingerprint density at radius 1 is 0.451 bits per heavy atom. The van der Waals surface area contributed by atoms with Gasteiger partial charge in [-0.05, 0) is 259 Å². The Hall–Kier alpha value is -9.61. The number of para-hydroxylation sites is 2. The molecule has 4 saturated carbocycles. The third kappa shape index (κ3) is 29.1. The van der Waals surface area contributed by atoms with Crippen molar-refractivity contribution in [2.75, 3.05) is 64.3 Å². The number of unbranched alkanes of at least 4 members (excludes halogenated alkanes) is 3. The molecule has 4 fully saturated rings. The quantitative estimate of drug-likeness (QED) is 0.00943. The van der Waals surface area contributed by atoms with Gasteiger partial charge in [0.2, 0.25) is 0 Å². The average Bonchev–Trinajstić information content (AvgIpc) is 1.58. The van der Waals surface area contributed by atoms with E-state index in [0.29, 0.717) is 133 Å². The second-order valence-corrected chi connectivity index (χ2v) is 31.6. The number of anilines is 2. The zero-order valence-electron chi connectivity index (χ0n) is 65.8. The van der Waals surface area contributed by atoms with Crippen molar-refractivity contribution in [2.45, 2.75) is 180 Å². The Morgan fingerprint density at radius 2 is 0.867 bits per heavy atom. The second kappa shape index (κ2) is 47.8. The number of hydrogen-bond acceptors (Lipinski definition) is 22. The highest BCUT2D eigenvalue weighted by molar-refractivity contribution is 7.22. The molecule has 4 aliphatic rings. The molecule has 2 aromatic heterocycles. The molecule has 4 aliphatic carbocycles. The maximum absolute atomic E-state index is 13.1. The van der Waals surface area contributed by atoms with Gasteiger partial charge in [0.1, 0.15) is 42.0 Å².